The maximum Gasteiger partial charge on any atom is 0.160 e. The lowest BCUT2D eigenvalue weighted by atomic mass is 9.98. The number of aryl methyl sites for hydroxylation is 2. The fraction of sp³-hybridized carbons (Fsp3) is 0.200. The summed E-state index contributed by atoms with van der Waals surface area (Å²) in [5.74, 6) is -2.05. The molecule has 0 heterocycles. The van der Waals surface area contributed by atoms with Crippen LogP contribution in [0, 0.1) is 25.5 Å². The predicted octanol–water partition coefficient (Wildman–Crippen LogP) is 4.32. The number of rotatable bonds is 2. The molecule has 1 nitrogen and oxygen atoms in total. The Balaban J connectivity index is 2.49. The number of aliphatic hydroxyl groups is 1. The quantitative estimate of drug-likeness (QED) is 0.814. The molecule has 4 heteroatoms. The van der Waals surface area contributed by atoms with Gasteiger partial charge in [0.1, 0.15) is 6.10 Å². The molecule has 0 radical (unpaired) electrons. The minimum Gasteiger partial charge on any atom is -0.384 e. The summed E-state index contributed by atoms with van der Waals surface area (Å²) in [7, 11) is 0. The van der Waals surface area contributed by atoms with E-state index in [1.54, 1.807) is 12.1 Å². The highest BCUT2D eigenvalue weighted by atomic mass is 35.5. The molecule has 0 saturated carbocycles. The maximum absolute atomic E-state index is 13.2. The molecular weight excluding hydrogens is 270 g/mol. The third-order valence-corrected chi connectivity index (χ3v) is 3.22. The van der Waals surface area contributed by atoms with Crippen molar-refractivity contribution in [1.82, 2.24) is 0 Å². The third kappa shape index (κ3) is 2.94. The largest absolute Gasteiger partial charge is 0.384 e. The van der Waals surface area contributed by atoms with Gasteiger partial charge in [0, 0.05) is 10.6 Å². The van der Waals surface area contributed by atoms with Crippen LogP contribution in [0.4, 0.5) is 8.78 Å². The molecule has 2 aromatic carbocycles. The van der Waals surface area contributed by atoms with E-state index in [2.05, 4.69) is 0 Å². The van der Waals surface area contributed by atoms with E-state index >= 15 is 0 Å². The van der Waals surface area contributed by atoms with Crippen molar-refractivity contribution in [2.75, 3.05) is 0 Å². The average molecular weight is 283 g/mol. The standard InChI is InChI=1S/C15H13ClF2O/c1-8-3-9(2)5-10(4-8)15(19)11-6-13(17)14(18)7-12(11)16/h3-7,15,19H,1-2H3. The molecule has 0 amide bonds. The molecule has 0 spiro atoms. The smallest absolute Gasteiger partial charge is 0.160 e. The van der Waals surface area contributed by atoms with Gasteiger partial charge in [-0.2, -0.15) is 0 Å². The molecule has 0 aliphatic carbocycles. The molecule has 0 saturated heterocycles. The normalized spacial score (nSPS) is 12.5. The Morgan fingerprint density at radius 1 is 0.947 bits per heavy atom. The lowest BCUT2D eigenvalue weighted by Crippen LogP contribution is -2.03. The third-order valence-electron chi connectivity index (χ3n) is 2.89. The molecule has 2 aromatic rings. The van der Waals surface area contributed by atoms with Crippen molar-refractivity contribution in [3.8, 4) is 0 Å². The Morgan fingerprint density at radius 2 is 1.47 bits per heavy atom. The highest BCUT2D eigenvalue weighted by Crippen LogP contribution is 2.30. The molecule has 1 unspecified atom stereocenters. The van der Waals surface area contributed by atoms with Crippen LogP contribution in [0.2, 0.25) is 5.02 Å². The molecule has 2 rings (SSSR count). The van der Waals surface area contributed by atoms with Gasteiger partial charge in [-0.25, -0.2) is 8.78 Å². The molecule has 0 aliphatic heterocycles. The van der Waals surface area contributed by atoms with Crippen LogP contribution in [0.15, 0.2) is 30.3 Å². The fourth-order valence-corrected chi connectivity index (χ4v) is 2.35. The highest BCUT2D eigenvalue weighted by molar-refractivity contribution is 6.31. The predicted molar refractivity (Wildman–Crippen MR) is 71.3 cm³/mol. The molecule has 1 N–H and O–H groups in total. The number of aliphatic hydroxyl groups excluding tert-OH is 1. The van der Waals surface area contributed by atoms with E-state index in [1.807, 2.05) is 19.9 Å². The molecule has 0 bridgehead atoms. The second kappa shape index (κ2) is 5.27. The van der Waals surface area contributed by atoms with Crippen LogP contribution < -0.4 is 0 Å². The monoisotopic (exact) mass is 282 g/mol. The van der Waals surface area contributed by atoms with Crippen LogP contribution in [0.3, 0.4) is 0 Å². The van der Waals surface area contributed by atoms with Gasteiger partial charge in [0.25, 0.3) is 0 Å². The van der Waals surface area contributed by atoms with E-state index in [9.17, 15) is 13.9 Å². The zero-order chi connectivity index (χ0) is 14.2. The van der Waals surface area contributed by atoms with Crippen molar-refractivity contribution in [3.05, 3.63) is 69.2 Å². The summed E-state index contributed by atoms with van der Waals surface area (Å²) in [6.45, 7) is 3.80. The highest BCUT2D eigenvalue weighted by Gasteiger charge is 2.17. The van der Waals surface area contributed by atoms with Gasteiger partial charge in [-0.1, -0.05) is 40.9 Å². The van der Waals surface area contributed by atoms with E-state index in [1.165, 1.54) is 0 Å². The minimum absolute atomic E-state index is 0.00515. The van der Waals surface area contributed by atoms with Crippen LogP contribution in [0.1, 0.15) is 28.4 Å². The summed E-state index contributed by atoms with van der Waals surface area (Å²) < 4.78 is 26.3. The molecule has 0 aliphatic rings. The van der Waals surface area contributed by atoms with Crippen LogP contribution in [0.25, 0.3) is 0 Å². The minimum atomic E-state index is -1.08. The Kier molecular flexibility index (Phi) is 3.88. The second-order valence-electron chi connectivity index (χ2n) is 4.61. The summed E-state index contributed by atoms with van der Waals surface area (Å²) in [5, 5.41) is 10.3. The first-order valence-electron chi connectivity index (χ1n) is 5.79. The van der Waals surface area contributed by atoms with Gasteiger partial charge >= 0.3 is 0 Å². The summed E-state index contributed by atoms with van der Waals surface area (Å²) in [4.78, 5) is 0. The Hall–Kier alpha value is -1.45. The van der Waals surface area contributed by atoms with Gasteiger partial charge in [-0.15, -0.1) is 0 Å². The number of benzene rings is 2. The van der Waals surface area contributed by atoms with E-state index in [-0.39, 0.29) is 10.6 Å². The van der Waals surface area contributed by atoms with Crippen LogP contribution in [0.5, 0.6) is 0 Å². The van der Waals surface area contributed by atoms with Crippen molar-refractivity contribution < 1.29 is 13.9 Å². The van der Waals surface area contributed by atoms with E-state index in [0.717, 1.165) is 23.3 Å². The molecule has 0 fully saturated rings. The van der Waals surface area contributed by atoms with Crippen LogP contribution >= 0.6 is 11.6 Å². The SMILES string of the molecule is Cc1cc(C)cc(C(O)c2cc(F)c(F)cc2Cl)c1. The average Bonchev–Trinajstić information content (AvgIpc) is 2.31. The fourth-order valence-electron chi connectivity index (χ4n) is 2.09. The van der Waals surface area contributed by atoms with Crippen LogP contribution in [-0.4, -0.2) is 5.11 Å². The zero-order valence-electron chi connectivity index (χ0n) is 10.5. The lowest BCUT2D eigenvalue weighted by molar-refractivity contribution is 0.219. The van der Waals surface area contributed by atoms with Crippen molar-refractivity contribution in [2.45, 2.75) is 20.0 Å². The maximum atomic E-state index is 13.2. The van der Waals surface area contributed by atoms with E-state index in [0.29, 0.717) is 5.56 Å². The van der Waals surface area contributed by atoms with Gasteiger partial charge in [-0.3, -0.25) is 0 Å². The second-order valence-corrected chi connectivity index (χ2v) is 5.02. The van der Waals surface area contributed by atoms with Crippen molar-refractivity contribution in [3.63, 3.8) is 0 Å². The van der Waals surface area contributed by atoms with Gasteiger partial charge in [0.2, 0.25) is 0 Å². The van der Waals surface area contributed by atoms with Gasteiger partial charge < -0.3 is 5.11 Å². The molecule has 100 valence electrons. The molecule has 1 atom stereocenters. The Labute approximate surface area is 115 Å². The van der Waals surface area contributed by atoms with Crippen molar-refractivity contribution in [1.29, 1.82) is 0 Å². The first kappa shape index (κ1) is 14.0. The molecular formula is C15H13ClF2O. The zero-order valence-corrected chi connectivity index (χ0v) is 11.3. The Bertz CT molecular complexity index is 606. The molecule has 0 aromatic heterocycles. The van der Waals surface area contributed by atoms with Crippen LogP contribution in [-0.2, 0) is 0 Å². The first-order valence-corrected chi connectivity index (χ1v) is 6.17. The van der Waals surface area contributed by atoms with Crippen molar-refractivity contribution in [2.24, 2.45) is 0 Å². The summed E-state index contributed by atoms with van der Waals surface area (Å²) in [5.41, 5.74) is 2.72. The molecule has 19 heavy (non-hydrogen) atoms. The van der Waals surface area contributed by atoms with E-state index < -0.39 is 17.7 Å². The summed E-state index contributed by atoms with van der Waals surface area (Å²) in [6.07, 6.45) is -1.08. The number of halogens is 3. The summed E-state index contributed by atoms with van der Waals surface area (Å²) in [6, 6.07) is 7.34. The number of hydrogen-bond acceptors (Lipinski definition) is 1. The van der Waals surface area contributed by atoms with Gasteiger partial charge in [0.05, 0.1) is 0 Å². The first-order chi connectivity index (χ1) is 8.88. The topological polar surface area (TPSA) is 20.2 Å². The van der Waals surface area contributed by atoms with E-state index in [4.69, 9.17) is 11.6 Å². The van der Waals surface area contributed by atoms with Gasteiger partial charge in [0.15, 0.2) is 11.6 Å². The lowest BCUT2D eigenvalue weighted by Gasteiger charge is -2.15. The summed E-state index contributed by atoms with van der Waals surface area (Å²) >= 11 is 5.86. The number of hydrogen-bond donors (Lipinski definition) is 1. The van der Waals surface area contributed by atoms with Crippen molar-refractivity contribution >= 4 is 11.6 Å². The Morgan fingerprint density at radius 3 is 2.05 bits per heavy atom. The van der Waals surface area contributed by atoms with Gasteiger partial charge in [-0.05, 0) is 31.5 Å².